The fraction of sp³-hybridized carbons (Fsp3) is 0.429. The highest BCUT2D eigenvalue weighted by atomic mass is 28.3. The van der Waals surface area contributed by atoms with Crippen LogP contribution in [0.1, 0.15) is 5.56 Å². The first-order chi connectivity index (χ1) is 7.67. The van der Waals surface area contributed by atoms with Gasteiger partial charge in [0.15, 0.2) is 0 Å². The highest BCUT2D eigenvalue weighted by Crippen LogP contribution is 2.17. The normalized spacial score (nSPS) is 13.6. The van der Waals surface area contributed by atoms with Gasteiger partial charge in [-0.2, -0.15) is 0 Å². The Morgan fingerprint density at radius 3 is 1.88 bits per heavy atom. The smallest absolute Gasteiger partial charge is 0.144 e. The van der Waals surface area contributed by atoms with Crippen LogP contribution in [0.15, 0.2) is 36.0 Å². The van der Waals surface area contributed by atoms with Gasteiger partial charge in [-0.3, -0.25) is 0 Å². The zero-order chi connectivity index (χ0) is 13.1. The number of hydrogen-bond acceptors (Lipinski definition) is 1. The molecule has 0 unspecified atom stereocenters. The van der Waals surface area contributed by atoms with E-state index >= 15 is 0 Å². The average molecular weight is 264 g/mol. The monoisotopic (exact) mass is 263 g/mol. The molecule has 1 aromatic rings. The summed E-state index contributed by atoms with van der Waals surface area (Å²) in [6.07, 6.45) is 0. The lowest BCUT2D eigenvalue weighted by molar-refractivity contribution is 1.27. The first-order valence-corrected chi connectivity index (χ1v) is 13.3. The Morgan fingerprint density at radius 2 is 1.47 bits per heavy atom. The molecule has 17 heavy (non-hydrogen) atoms. The van der Waals surface area contributed by atoms with Gasteiger partial charge in [0.05, 0.1) is 8.07 Å². The first kappa shape index (κ1) is 14.3. The molecule has 0 heterocycles. The van der Waals surface area contributed by atoms with Gasteiger partial charge in [0, 0.05) is 5.70 Å². The van der Waals surface area contributed by atoms with E-state index < -0.39 is 16.3 Å². The minimum atomic E-state index is -1.30. The minimum absolute atomic E-state index is 1.21. The van der Waals surface area contributed by atoms with Gasteiger partial charge in [0.1, 0.15) is 8.24 Å². The first-order valence-electron chi connectivity index (χ1n) is 6.24. The molecule has 0 aromatic heterocycles. The van der Waals surface area contributed by atoms with E-state index in [1.807, 2.05) is 0 Å². The number of rotatable bonds is 4. The zero-order valence-corrected chi connectivity index (χ0v) is 14.0. The summed E-state index contributed by atoms with van der Waals surface area (Å²) >= 11 is 0. The van der Waals surface area contributed by atoms with Crippen molar-refractivity contribution in [3.8, 4) is 0 Å². The molecule has 1 rings (SSSR count). The highest BCUT2D eigenvalue weighted by molar-refractivity contribution is 6.82. The van der Waals surface area contributed by atoms with Gasteiger partial charge in [-0.25, -0.2) is 0 Å². The third-order valence-corrected chi connectivity index (χ3v) is 4.35. The van der Waals surface area contributed by atoms with Crippen molar-refractivity contribution in [2.75, 3.05) is 0 Å². The molecule has 0 atom stereocenters. The predicted octanol–water partition coefficient (Wildman–Crippen LogP) is 4.33. The second-order valence-electron chi connectivity index (χ2n) is 6.67. The Hall–Kier alpha value is -0.806. The summed E-state index contributed by atoms with van der Waals surface area (Å²) in [6, 6.07) is 10.7. The van der Waals surface area contributed by atoms with Crippen molar-refractivity contribution >= 4 is 22.0 Å². The predicted molar refractivity (Wildman–Crippen MR) is 84.2 cm³/mol. The van der Waals surface area contributed by atoms with E-state index in [0.717, 1.165) is 0 Å². The van der Waals surface area contributed by atoms with Crippen LogP contribution < -0.4 is 4.98 Å². The maximum absolute atomic E-state index is 3.76. The van der Waals surface area contributed by atoms with Crippen LogP contribution in [0, 0.1) is 0 Å². The van der Waals surface area contributed by atoms with Gasteiger partial charge in [-0.15, -0.1) is 0 Å². The fourth-order valence-corrected chi connectivity index (χ4v) is 3.92. The summed E-state index contributed by atoms with van der Waals surface area (Å²) in [7, 11) is -2.50. The van der Waals surface area contributed by atoms with E-state index in [1.165, 1.54) is 11.3 Å². The molecule has 0 bridgehead atoms. The summed E-state index contributed by atoms with van der Waals surface area (Å²) in [5.41, 5.74) is 5.13. The Morgan fingerprint density at radius 1 is 0.941 bits per heavy atom. The molecule has 0 fully saturated rings. The van der Waals surface area contributed by atoms with Gasteiger partial charge >= 0.3 is 0 Å². The summed E-state index contributed by atoms with van der Waals surface area (Å²) in [4.78, 5) is 3.76. The lowest BCUT2D eigenvalue weighted by Crippen LogP contribution is -2.40. The van der Waals surface area contributed by atoms with Crippen LogP contribution in [0.2, 0.25) is 39.3 Å². The molecular weight excluding hydrogens is 238 g/mol. The van der Waals surface area contributed by atoms with Gasteiger partial charge in [0.2, 0.25) is 0 Å². The van der Waals surface area contributed by atoms with E-state index in [1.54, 1.807) is 0 Å². The molecule has 1 N–H and O–H groups in total. The third kappa shape index (κ3) is 5.89. The van der Waals surface area contributed by atoms with Crippen LogP contribution in [-0.4, -0.2) is 16.3 Å². The maximum atomic E-state index is 3.76. The lowest BCUT2D eigenvalue weighted by Gasteiger charge is -2.25. The van der Waals surface area contributed by atoms with E-state index in [0.29, 0.717) is 0 Å². The van der Waals surface area contributed by atoms with Crippen LogP contribution in [0.3, 0.4) is 0 Å². The van der Waals surface area contributed by atoms with Crippen molar-refractivity contribution < 1.29 is 0 Å². The molecule has 0 aliphatic carbocycles. The molecule has 0 amide bonds. The SMILES string of the molecule is C[Si](C)(C)/C=C(/N[Si](C)(C)C)c1ccccc1. The van der Waals surface area contributed by atoms with Crippen LogP contribution >= 0.6 is 0 Å². The Bertz CT molecular complexity index is 383. The van der Waals surface area contributed by atoms with E-state index in [2.05, 4.69) is 80.3 Å². The van der Waals surface area contributed by atoms with Gasteiger partial charge in [-0.05, 0) is 5.56 Å². The van der Waals surface area contributed by atoms with Crippen molar-refractivity contribution in [2.24, 2.45) is 0 Å². The third-order valence-electron chi connectivity index (χ3n) is 2.17. The Kier molecular flexibility index (Phi) is 4.39. The summed E-state index contributed by atoms with van der Waals surface area (Å²) in [6.45, 7) is 14.2. The van der Waals surface area contributed by atoms with Gasteiger partial charge in [-0.1, -0.05) is 75.3 Å². The molecule has 0 aliphatic heterocycles. The molecule has 0 saturated heterocycles. The summed E-state index contributed by atoms with van der Waals surface area (Å²) < 4.78 is 0. The fourth-order valence-electron chi connectivity index (χ4n) is 1.65. The zero-order valence-electron chi connectivity index (χ0n) is 12.0. The standard InChI is InChI=1S/C14H25NSi2/c1-16(2,3)12-14(15-17(4,5)6)13-10-8-7-9-11-13/h7-12,15H,1-6H3/b14-12+. The highest BCUT2D eigenvalue weighted by Gasteiger charge is 2.18. The van der Waals surface area contributed by atoms with Crippen molar-refractivity contribution in [3.63, 3.8) is 0 Å². The Labute approximate surface area is 108 Å². The molecule has 0 saturated carbocycles. The largest absolute Gasteiger partial charge is 0.411 e. The van der Waals surface area contributed by atoms with Crippen LogP contribution in [0.4, 0.5) is 0 Å². The van der Waals surface area contributed by atoms with Crippen molar-refractivity contribution in [1.82, 2.24) is 4.98 Å². The molecule has 3 heteroatoms. The van der Waals surface area contributed by atoms with Gasteiger partial charge in [0.25, 0.3) is 0 Å². The minimum Gasteiger partial charge on any atom is -0.411 e. The second kappa shape index (κ2) is 5.23. The summed E-state index contributed by atoms with van der Waals surface area (Å²) in [5, 5.41) is 0. The number of benzene rings is 1. The van der Waals surface area contributed by atoms with Crippen LogP contribution in [0.25, 0.3) is 5.70 Å². The quantitative estimate of drug-likeness (QED) is 0.797. The van der Waals surface area contributed by atoms with Gasteiger partial charge < -0.3 is 4.98 Å². The van der Waals surface area contributed by atoms with Crippen molar-refractivity contribution in [1.29, 1.82) is 0 Å². The summed E-state index contributed by atoms with van der Waals surface area (Å²) in [5.74, 6) is 0. The van der Waals surface area contributed by atoms with Crippen LogP contribution in [0.5, 0.6) is 0 Å². The topological polar surface area (TPSA) is 12.0 Å². The Balaban J connectivity index is 3.09. The lowest BCUT2D eigenvalue weighted by atomic mass is 10.2. The van der Waals surface area contributed by atoms with E-state index in [4.69, 9.17) is 0 Å². The van der Waals surface area contributed by atoms with Crippen molar-refractivity contribution in [3.05, 3.63) is 41.6 Å². The molecule has 0 aliphatic rings. The number of hydrogen-bond donors (Lipinski definition) is 1. The van der Waals surface area contributed by atoms with E-state index in [-0.39, 0.29) is 0 Å². The average Bonchev–Trinajstić information content (AvgIpc) is 2.14. The molecule has 0 spiro atoms. The molecular formula is C14H25NSi2. The molecule has 1 nitrogen and oxygen atoms in total. The number of nitrogens with one attached hydrogen (secondary N) is 1. The van der Waals surface area contributed by atoms with Crippen molar-refractivity contribution in [2.45, 2.75) is 39.3 Å². The maximum Gasteiger partial charge on any atom is 0.144 e. The second-order valence-corrected chi connectivity index (χ2v) is 16.4. The van der Waals surface area contributed by atoms with Crippen LogP contribution in [-0.2, 0) is 0 Å². The molecule has 0 radical (unpaired) electrons. The molecule has 94 valence electrons. The molecule has 1 aromatic carbocycles. The van der Waals surface area contributed by atoms with E-state index in [9.17, 15) is 0 Å².